The van der Waals surface area contributed by atoms with E-state index in [2.05, 4.69) is 6.92 Å². The van der Waals surface area contributed by atoms with Gasteiger partial charge in [-0.05, 0) is 66.3 Å². The van der Waals surface area contributed by atoms with Gasteiger partial charge in [-0.3, -0.25) is 0 Å². The Hall–Kier alpha value is -2.07. The van der Waals surface area contributed by atoms with Crippen LogP contribution >= 0.6 is 22.6 Å². The second-order valence-electron chi connectivity index (χ2n) is 6.35. The van der Waals surface area contributed by atoms with Crippen LogP contribution in [0.3, 0.4) is 0 Å². The lowest BCUT2D eigenvalue weighted by Crippen LogP contribution is -2.20. The average Bonchev–Trinajstić information content (AvgIpc) is 3.02. The summed E-state index contributed by atoms with van der Waals surface area (Å²) in [7, 11) is -4.00. The topological polar surface area (TPSA) is 74.6 Å². The van der Waals surface area contributed by atoms with Crippen molar-refractivity contribution in [3.8, 4) is 5.75 Å². The van der Waals surface area contributed by atoms with E-state index in [1.165, 1.54) is 12.1 Å². The fraction of sp³-hybridized carbons (Fsp3) is 0.286. The first-order valence-corrected chi connectivity index (χ1v) is 11.9. The summed E-state index contributed by atoms with van der Waals surface area (Å²) in [5.41, 5.74) is 0.404. The van der Waals surface area contributed by atoms with Crippen molar-refractivity contribution in [2.45, 2.75) is 31.6 Å². The molecule has 0 aliphatic heterocycles. The number of rotatable bonds is 8. The van der Waals surface area contributed by atoms with Crippen molar-refractivity contribution in [1.29, 1.82) is 0 Å². The number of benzene rings is 2. The Morgan fingerprint density at radius 2 is 1.83 bits per heavy atom. The molecule has 3 aromatic rings. The van der Waals surface area contributed by atoms with Crippen molar-refractivity contribution < 1.29 is 22.7 Å². The van der Waals surface area contributed by atoms with Gasteiger partial charge in [0.1, 0.15) is 5.75 Å². The second kappa shape index (κ2) is 9.17. The third-order valence-electron chi connectivity index (χ3n) is 4.35. The summed E-state index contributed by atoms with van der Waals surface area (Å²) in [6.07, 6.45) is 1.94. The van der Waals surface area contributed by atoms with E-state index in [9.17, 15) is 13.2 Å². The molecule has 0 atom stereocenters. The predicted molar refractivity (Wildman–Crippen MR) is 120 cm³/mol. The first-order chi connectivity index (χ1) is 13.9. The SMILES string of the molecule is CCCCOc1ccc2c(c1)c(I)c(C(=O)OCC)n2S(=O)(=O)c1ccccc1. The maximum absolute atomic E-state index is 13.4. The fourth-order valence-electron chi connectivity index (χ4n) is 2.95. The van der Waals surface area contributed by atoms with Crippen molar-refractivity contribution in [2.75, 3.05) is 13.2 Å². The summed E-state index contributed by atoms with van der Waals surface area (Å²) in [6, 6.07) is 13.2. The number of ether oxygens (including phenoxy) is 2. The summed E-state index contributed by atoms with van der Waals surface area (Å²) in [6.45, 7) is 4.48. The van der Waals surface area contributed by atoms with Gasteiger partial charge in [0.05, 0.1) is 27.2 Å². The number of fused-ring (bicyclic) bond motifs is 1. The lowest BCUT2D eigenvalue weighted by atomic mass is 10.2. The number of esters is 1. The molecule has 0 unspecified atom stereocenters. The van der Waals surface area contributed by atoms with Crippen LogP contribution in [-0.2, 0) is 14.8 Å². The standard InChI is InChI=1S/C21H22INO5S/c1-3-5-13-28-15-11-12-18-17(14-15)19(22)20(21(24)27-4-2)23(18)29(25,26)16-9-7-6-8-10-16/h6-12,14H,3-5,13H2,1-2H3. The molecular formula is C21H22INO5S. The Kier molecular flexibility index (Phi) is 6.84. The van der Waals surface area contributed by atoms with E-state index in [0.717, 1.165) is 16.8 Å². The average molecular weight is 527 g/mol. The van der Waals surface area contributed by atoms with Gasteiger partial charge in [0.2, 0.25) is 0 Å². The van der Waals surface area contributed by atoms with E-state index in [0.29, 0.717) is 26.8 Å². The number of nitrogens with zero attached hydrogens (tertiary/aromatic N) is 1. The summed E-state index contributed by atoms with van der Waals surface area (Å²) >= 11 is 1.99. The van der Waals surface area contributed by atoms with E-state index in [1.54, 1.807) is 43.3 Å². The highest BCUT2D eigenvalue weighted by Crippen LogP contribution is 2.34. The maximum atomic E-state index is 13.4. The highest BCUT2D eigenvalue weighted by atomic mass is 127. The van der Waals surface area contributed by atoms with E-state index in [1.807, 2.05) is 22.6 Å². The van der Waals surface area contributed by atoms with Gasteiger partial charge in [0.25, 0.3) is 10.0 Å². The molecule has 0 radical (unpaired) electrons. The summed E-state index contributed by atoms with van der Waals surface area (Å²) in [5.74, 6) is -0.0467. The number of carbonyl (C=O) groups is 1. The minimum atomic E-state index is -4.00. The van der Waals surface area contributed by atoms with Gasteiger partial charge in [-0.2, -0.15) is 0 Å². The number of aromatic nitrogens is 1. The van der Waals surface area contributed by atoms with Crippen molar-refractivity contribution >= 4 is 49.5 Å². The summed E-state index contributed by atoms with van der Waals surface area (Å²) in [5, 5.41) is 0.627. The molecule has 1 aromatic heterocycles. The van der Waals surface area contributed by atoms with Crippen LogP contribution in [0.1, 0.15) is 37.2 Å². The van der Waals surface area contributed by atoms with Crippen LogP contribution in [0, 0.1) is 3.57 Å². The van der Waals surface area contributed by atoms with Crippen molar-refractivity contribution in [1.82, 2.24) is 3.97 Å². The van der Waals surface area contributed by atoms with Gasteiger partial charge in [0, 0.05) is 5.39 Å². The smallest absolute Gasteiger partial charge is 0.357 e. The Morgan fingerprint density at radius 3 is 2.48 bits per heavy atom. The number of hydrogen-bond donors (Lipinski definition) is 0. The normalized spacial score (nSPS) is 11.6. The quantitative estimate of drug-likeness (QED) is 0.238. The second-order valence-corrected chi connectivity index (χ2v) is 9.21. The van der Waals surface area contributed by atoms with Crippen LogP contribution in [-0.4, -0.2) is 31.6 Å². The van der Waals surface area contributed by atoms with Gasteiger partial charge in [-0.15, -0.1) is 0 Å². The van der Waals surface area contributed by atoms with Gasteiger partial charge >= 0.3 is 5.97 Å². The zero-order valence-corrected chi connectivity index (χ0v) is 19.2. The lowest BCUT2D eigenvalue weighted by Gasteiger charge is -2.12. The minimum Gasteiger partial charge on any atom is -0.494 e. The van der Waals surface area contributed by atoms with E-state index in [4.69, 9.17) is 9.47 Å². The van der Waals surface area contributed by atoms with Crippen molar-refractivity contribution in [2.24, 2.45) is 0 Å². The Labute approximate surface area is 184 Å². The molecule has 29 heavy (non-hydrogen) atoms. The Bertz CT molecular complexity index is 1120. The van der Waals surface area contributed by atoms with Gasteiger partial charge in [-0.25, -0.2) is 17.2 Å². The molecule has 0 aliphatic rings. The van der Waals surface area contributed by atoms with E-state index < -0.39 is 16.0 Å². The third-order valence-corrected chi connectivity index (χ3v) is 7.17. The number of unbranched alkanes of at least 4 members (excludes halogenated alkanes) is 1. The largest absolute Gasteiger partial charge is 0.494 e. The van der Waals surface area contributed by atoms with Gasteiger partial charge in [-0.1, -0.05) is 31.5 Å². The zero-order valence-electron chi connectivity index (χ0n) is 16.2. The summed E-state index contributed by atoms with van der Waals surface area (Å²) < 4.78 is 39.3. The highest BCUT2D eigenvalue weighted by molar-refractivity contribution is 14.1. The molecule has 0 saturated heterocycles. The van der Waals surface area contributed by atoms with Crippen LogP contribution in [0.2, 0.25) is 0 Å². The van der Waals surface area contributed by atoms with Crippen LogP contribution in [0.15, 0.2) is 53.4 Å². The molecule has 154 valence electrons. The predicted octanol–water partition coefficient (Wildman–Crippen LogP) is 4.84. The molecule has 0 bridgehead atoms. The molecule has 0 amide bonds. The zero-order chi connectivity index (χ0) is 21.0. The molecule has 0 aliphatic carbocycles. The van der Waals surface area contributed by atoms with Crippen molar-refractivity contribution in [3.63, 3.8) is 0 Å². The number of hydrogen-bond acceptors (Lipinski definition) is 5. The monoisotopic (exact) mass is 527 g/mol. The number of carbonyl (C=O) groups excluding carboxylic acids is 1. The molecule has 0 N–H and O–H groups in total. The first kappa shape index (κ1) is 21.6. The van der Waals surface area contributed by atoms with Crippen LogP contribution < -0.4 is 4.74 Å². The molecule has 2 aromatic carbocycles. The first-order valence-electron chi connectivity index (χ1n) is 9.36. The Balaban J connectivity index is 2.24. The van der Waals surface area contributed by atoms with Gasteiger partial charge in [0.15, 0.2) is 5.69 Å². The molecular weight excluding hydrogens is 505 g/mol. The summed E-state index contributed by atoms with van der Waals surface area (Å²) in [4.78, 5) is 12.8. The molecule has 3 rings (SSSR count). The number of halogens is 1. The molecule has 6 nitrogen and oxygen atoms in total. The maximum Gasteiger partial charge on any atom is 0.357 e. The van der Waals surface area contributed by atoms with Crippen LogP contribution in [0.5, 0.6) is 5.75 Å². The molecule has 0 fully saturated rings. The Morgan fingerprint density at radius 1 is 1.10 bits per heavy atom. The van der Waals surface area contributed by atoms with Crippen LogP contribution in [0.4, 0.5) is 0 Å². The molecule has 0 spiro atoms. The van der Waals surface area contributed by atoms with Gasteiger partial charge < -0.3 is 9.47 Å². The van der Waals surface area contributed by atoms with E-state index in [-0.39, 0.29) is 17.2 Å². The van der Waals surface area contributed by atoms with Crippen molar-refractivity contribution in [3.05, 3.63) is 57.8 Å². The highest BCUT2D eigenvalue weighted by Gasteiger charge is 2.30. The van der Waals surface area contributed by atoms with Crippen LogP contribution in [0.25, 0.3) is 10.9 Å². The fourth-order valence-corrected chi connectivity index (χ4v) is 5.54. The molecule has 1 heterocycles. The third kappa shape index (κ3) is 4.28. The molecule has 8 heteroatoms. The molecule has 0 saturated carbocycles. The lowest BCUT2D eigenvalue weighted by molar-refractivity contribution is 0.0517. The van der Waals surface area contributed by atoms with E-state index >= 15 is 0 Å². The minimum absolute atomic E-state index is 0.00277.